The Hall–Kier alpha value is -3.61. The highest BCUT2D eigenvalue weighted by atomic mass is 32.2. The molecule has 0 radical (unpaired) electrons. The summed E-state index contributed by atoms with van der Waals surface area (Å²) in [7, 11) is -4.05. The minimum atomic E-state index is -4.05. The molecule has 0 N–H and O–H groups in total. The molecule has 0 aliphatic carbocycles. The van der Waals surface area contributed by atoms with Crippen molar-refractivity contribution in [3.8, 4) is 0 Å². The van der Waals surface area contributed by atoms with E-state index in [1.807, 2.05) is 30.3 Å². The van der Waals surface area contributed by atoms with Crippen LogP contribution >= 0.6 is 0 Å². The number of anilines is 1. The van der Waals surface area contributed by atoms with Crippen molar-refractivity contribution in [1.29, 1.82) is 0 Å². The number of piperazine rings is 1. The Kier molecular flexibility index (Phi) is 6.28. The summed E-state index contributed by atoms with van der Waals surface area (Å²) in [5, 5.41) is 1.70. The highest BCUT2D eigenvalue weighted by Crippen LogP contribution is 2.44. The van der Waals surface area contributed by atoms with Crippen molar-refractivity contribution in [1.82, 2.24) is 19.2 Å². The summed E-state index contributed by atoms with van der Waals surface area (Å²) in [5.41, 5.74) is -2.11. The lowest BCUT2D eigenvalue weighted by Gasteiger charge is -2.44. The molecule has 3 saturated heterocycles. The van der Waals surface area contributed by atoms with E-state index in [2.05, 4.69) is 14.9 Å². The molecule has 1 unspecified atom stereocenters. The molecular weight excluding hydrogens is 522 g/mol. The molecule has 1 spiro atoms. The van der Waals surface area contributed by atoms with Crippen molar-refractivity contribution < 1.29 is 27.5 Å². The number of esters is 1. The lowest BCUT2D eigenvalue weighted by molar-refractivity contribution is -0.200. The number of piperidine rings is 1. The predicted octanol–water partition coefficient (Wildman–Crippen LogP) is 1.79. The number of hydrogen-bond acceptors (Lipinski definition) is 9. The van der Waals surface area contributed by atoms with Crippen LogP contribution in [0.15, 0.2) is 66.0 Å². The van der Waals surface area contributed by atoms with Gasteiger partial charge in [-0.05, 0) is 41.8 Å². The van der Waals surface area contributed by atoms with Gasteiger partial charge in [0, 0.05) is 26.2 Å². The first kappa shape index (κ1) is 25.7. The molecule has 3 aliphatic heterocycles. The van der Waals surface area contributed by atoms with Gasteiger partial charge in [0.2, 0.25) is 15.9 Å². The summed E-state index contributed by atoms with van der Waals surface area (Å²) in [4.78, 5) is 37.4. The number of sulfonamides is 1. The maximum Gasteiger partial charge on any atom is 0.302 e. The Bertz CT molecular complexity index is 1530. The van der Waals surface area contributed by atoms with Crippen molar-refractivity contribution in [3.63, 3.8) is 0 Å². The number of nitrogens with zero attached hydrogens (tertiary/aromatic N) is 5. The Morgan fingerprint density at radius 3 is 2.56 bits per heavy atom. The molecule has 6 rings (SSSR count). The number of carbonyl (C=O) groups excluding carboxylic acids is 2. The summed E-state index contributed by atoms with van der Waals surface area (Å²) in [6, 6.07) is 14.2. The third kappa shape index (κ3) is 4.62. The van der Waals surface area contributed by atoms with Gasteiger partial charge in [-0.25, -0.2) is 18.4 Å². The van der Waals surface area contributed by atoms with Crippen LogP contribution < -0.4 is 4.90 Å². The van der Waals surface area contributed by atoms with Gasteiger partial charge in [0.25, 0.3) is 0 Å². The monoisotopic (exact) mass is 551 g/mol. The zero-order chi connectivity index (χ0) is 27.3. The molecule has 204 valence electrons. The van der Waals surface area contributed by atoms with Gasteiger partial charge in [-0.2, -0.15) is 4.31 Å². The van der Waals surface area contributed by atoms with Crippen molar-refractivity contribution >= 4 is 38.5 Å². The van der Waals surface area contributed by atoms with Gasteiger partial charge in [-0.3, -0.25) is 9.59 Å². The number of aromatic nitrogens is 2. The average Bonchev–Trinajstić information content (AvgIpc) is 3.27. The number of fused-ring (bicyclic) bond motifs is 2. The second-order valence-electron chi connectivity index (χ2n) is 10.3. The zero-order valence-corrected chi connectivity index (χ0v) is 22.3. The normalized spacial score (nSPS) is 23.3. The van der Waals surface area contributed by atoms with Crippen molar-refractivity contribution in [2.24, 2.45) is 0 Å². The molecule has 1 atom stereocenters. The quantitative estimate of drug-likeness (QED) is 0.437. The van der Waals surface area contributed by atoms with Crippen LogP contribution in [-0.4, -0.2) is 90.1 Å². The molecule has 3 aromatic rings. The lowest BCUT2D eigenvalue weighted by Crippen LogP contribution is -2.65. The van der Waals surface area contributed by atoms with Gasteiger partial charge in [0.15, 0.2) is 5.72 Å². The fraction of sp³-hybridized carbons (Fsp3) is 0.407. The molecular formula is C27H29N5O6S. The predicted molar refractivity (Wildman–Crippen MR) is 141 cm³/mol. The summed E-state index contributed by atoms with van der Waals surface area (Å²) < 4.78 is 40.8. The van der Waals surface area contributed by atoms with Crippen molar-refractivity contribution in [3.05, 3.63) is 61.1 Å². The molecule has 0 saturated carbocycles. The summed E-state index contributed by atoms with van der Waals surface area (Å²) in [6.07, 6.45) is 4.39. The molecule has 2 aromatic carbocycles. The second-order valence-corrected chi connectivity index (χ2v) is 12.3. The van der Waals surface area contributed by atoms with E-state index in [0.717, 1.165) is 20.9 Å². The Morgan fingerprint density at radius 1 is 1.08 bits per heavy atom. The van der Waals surface area contributed by atoms with E-state index in [4.69, 9.17) is 9.47 Å². The van der Waals surface area contributed by atoms with Gasteiger partial charge < -0.3 is 19.3 Å². The largest absolute Gasteiger partial charge is 0.461 e. The molecule has 1 amide bonds. The van der Waals surface area contributed by atoms with Gasteiger partial charge in [0.1, 0.15) is 18.8 Å². The SMILES string of the molecule is CC(=O)OCC12CN(S(=O)(=O)c3ccc4ccccc4c3)CC(=O)N1CC1(CCN(c3ccncn3)CC1)O2. The van der Waals surface area contributed by atoms with Crippen LogP contribution in [-0.2, 0) is 29.1 Å². The van der Waals surface area contributed by atoms with E-state index < -0.39 is 27.3 Å². The smallest absolute Gasteiger partial charge is 0.302 e. The first-order valence-electron chi connectivity index (χ1n) is 12.8. The Labute approximate surface area is 226 Å². The van der Waals surface area contributed by atoms with Gasteiger partial charge >= 0.3 is 5.97 Å². The maximum atomic E-state index is 13.8. The summed E-state index contributed by atoms with van der Waals surface area (Å²) in [5.74, 6) is -0.101. The fourth-order valence-corrected chi connectivity index (χ4v) is 7.28. The molecule has 4 heterocycles. The van der Waals surface area contributed by atoms with E-state index in [0.29, 0.717) is 32.5 Å². The standard InChI is InChI=1S/C27H29N5O6S/c1-20(33)37-18-27-17-31(39(35,36)23-7-6-21-4-2-3-5-22(21)14-23)15-25(34)32(27)16-26(38-27)9-12-30(13-10-26)24-8-11-28-19-29-24/h2-8,11,14,19H,9-10,12-13,15-18H2,1H3. The maximum absolute atomic E-state index is 13.8. The topological polar surface area (TPSA) is 122 Å². The van der Waals surface area contributed by atoms with Crippen LogP contribution in [0, 0.1) is 0 Å². The van der Waals surface area contributed by atoms with Crippen LogP contribution in [0.25, 0.3) is 10.8 Å². The third-order valence-corrected chi connectivity index (χ3v) is 9.59. The number of ether oxygens (including phenoxy) is 2. The number of rotatable bonds is 5. The first-order valence-corrected chi connectivity index (χ1v) is 14.3. The molecule has 39 heavy (non-hydrogen) atoms. The molecule has 1 aromatic heterocycles. The van der Waals surface area contributed by atoms with E-state index in [-0.39, 0.29) is 30.5 Å². The zero-order valence-electron chi connectivity index (χ0n) is 21.5. The highest BCUT2D eigenvalue weighted by molar-refractivity contribution is 7.89. The Balaban J connectivity index is 1.29. The van der Waals surface area contributed by atoms with E-state index in [1.54, 1.807) is 29.3 Å². The van der Waals surface area contributed by atoms with Crippen molar-refractivity contribution in [2.45, 2.75) is 36.0 Å². The van der Waals surface area contributed by atoms with Gasteiger partial charge in [-0.15, -0.1) is 0 Å². The van der Waals surface area contributed by atoms with E-state index >= 15 is 0 Å². The average molecular weight is 552 g/mol. The molecule has 3 aliphatic rings. The fourth-order valence-electron chi connectivity index (χ4n) is 5.81. The molecule has 11 nitrogen and oxygen atoms in total. The van der Waals surface area contributed by atoms with Crippen LogP contribution in [0.5, 0.6) is 0 Å². The number of carbonyl (C=O) groups is 2. The van der Waals surface area contributed by atoms with Gasteiger partial charge in [0.05, 0.1) is 30.1 Å². The number of benzene rings is 2. The van der Waals surface area contributed by atoms with Crippen LogP contribution in [0.1, 0.15) is 19.8 Å². The summed E-state index contributed by atoms with van der Waals surface area (Å²) in [6.45, 7) is 2.15. The van der Waals surface area contributed by atoms with Crippen molar-refractivity contribution in [2.75, 3.05) is 44.2 Å². The lowest BCUT2D eigenvalue weighted by atomic mass is 9.91. The molecule has 0 bridgehead atoms. The van der Waals surface area contributed by atoms with E-state index in [1.165, 1.54) is 13.3 Å². The molecule has 12 heteroatoms. The highest BCUT2D eigenvalue weighted by Gasteiger charge is 2.61. The number of amides is 1. The Morgan fingerprint density at radius 2 is 1.85 bits per heavy atom. The minimum absolute atomic E-state index is 0.0935. The summed E-state index contributed by atoms with van der Waals surface area (Å²) >= 11 is 0. The third-order valence-electron chi connectivity index (χ3n) is 7.81. The first-order chi connectivity index (χ1) is 18.7. The van der Waals surface area contributed by atoms with Crippen LogP contribution in [0.2, 0.25) is 0 Å². The second kappa shape index (κ2) is 9.54. The van der Waals surface area contributed by atoms with E-state index in [9.17, 15) is 18.0 Å². The van der Waals surface area contributed by atoms with Crippen LogP contribution in [0.4, 0.5) is 5.82 Å². The van der Waals surface area contributed by atoms with Crippen LogP contribution in [0.3, 0.4) is 0 Å². The number of hydrogen-bond donors (Lipinski definition) is 0. The molecule has 3 fully saturated rings. The minimum Gasteiger partial charge on any atom is -0.461 e. The van der Waals surface area contributed by atoms with Gasteiger partial charge in [-0.1, -0.05) is 30.3 Å².